The van der Waals surface area contributed by atoms with Crippen molar-refractivity contribution in [2.24, 2.45) is 11.8 Å². The molecule has 2 heterocycles. The quantitative estimate of drug-likeness (QED) is 0.542. The van der Waals surface area contributed by atoms with Crippen LogP contribution in [0.25, 0.3) is 0 Å². The maximum atomic E-state index is 16.0. The van der Waals surface area contributed by atoms with Crippen molar-refractivity contribution in [3.63, 3.8) is 0 Å². The highest BCUT2D eigenvalue weighted by Gasteiger charge is 2.50. The zero-order chi connectivity index (χ0) is 23.3. The molecule has 4 atom stereocenters. The van der Waals surface area contributed by atoms with E-state index in [0.717, 1.165) is 18.4 Å². The molecule has 176 valence electrons. The lowest BCUT2D eigenvalue weighted by Gasteiger charge is -2.39. The lowest BCUT2D eigenvalue weighted by molar-refractivity contribution is -0.150. The molecule has 1 fully saturated rings. The van der Waals surface area contributed by atoms with Crippen LogP contribution in [0.2, 0.25) is 0 Å². The summed E-state index contributed by atoms with van der Waals surface area (Å²) >= 11 is 0. The van der Waals surface area contributed by atoms with E-state index in [2.05, 4.69) is 17.0 Å². The van der Waals surface area contributed by atoms with Gasteiger partial charge in [0.25, 0.3) is 0 Å². The maximum Gasteiger partial charge on any atom is 0.313 e. The van der Waals surface area contributed by atoms with Crippen LogP contribution in [0.5, 0.6) is 0 Å². The van der Waals surface area contributed by atoms with Crippen LogP contribution in [0.3, 0.4) is 0 Å². The van der Waals surface area contributed by atoms with Crippen molar-refractivity contribution >= 4 is 11.7 Å². The number of carbonyl (C=O) groups excluding carboxylic acids is 1. The Morgan fingerprint density at radius 2 is 1.94 bits per heavy atom. The van der Waals surface area contributed by atoms with Crippen LogP contribution >= 0.6 is 0 Å². The third kappa shape index (κ3) is 3.82. The van der Waals surface area contributed by atoms with Gasteiger partial charge in [-0.3, -0.25) is 4.79 Å². The van der Waals surface area contributed by atoms with Gasteiger partial charge in [-0.05, 0) is 43.1 Å². The van der Waals surface area contributed by atoms with Gasteiger partial charge < -0.3 is 14.4 Å². The fraction of sp³-hybridized carbons (Fsp3) is 0.519. The van der Waals surface area contributed by atoms with Crippen molar-refractivity contribution in [1.82, 2.24) is 0 Å². The van der Waals surface area contributed by atoms with Crippen molar-refractivity contribution in [3.8, 4) is 0 Å². The third-order valence-electron chi connectivity index (χ3n) is 7.36. The van der Waals surface area contributed by atoms with Gasteiger partial charge in [-0.2, -0.15) is 0 Å². The molecule has 0 amide bonds. The van der Waals surface area contributed by atoms with Crippen LogP contribution < -0.4 is 4.90 Å². The van der Waals surface area contributed by atoms with E-state index in [-0.39, 0.29) is 49.2 Å². The first-order valence-electron chi connectivity index (χ1n) is 12.0. The second kappa shape index (κ2) is 8.71. The molecule has 2 aromatic rings. The minimum atomic E-state index is -0.525. The first kappa shape index (κ1) is 22.3. The molecule has 0 spiro atoms. The number of fused-ring (bicyclic) bond motifs is 2. The van der Waals surface area contributed by atoms with Gasteiger partial charge >= 0.3 is 5.97 Å². The Labute approximate surface area is 193 Å². The predicted molar refractivity (Wildman–Crippen MR) is 122 cm³/mol. The zero-order valence-electron chi connectivity index (χ0n) is 19.4. The summed E-state index contributed by atoms with van der Waals surface area (Å²) in [5.74, 6) is -1.63. The van der Waals surface area contributed by atoms with Gasteiger partial charge in [-0.25, -0.2) is 8.78 Å². The molecule has 5 rings (SSSR count). The van der Waals surface area contributed by atoms with Crippen LogP contribution in [0, 0.1) is 23.5 Å². The summed E-state index contributed by atoms with van der Waals surface area (Å²) in [7, 11) is 0. The molecule has 0 N–H and O–H groups in total. The highest BCUT2D eigenvalue weighted by Crippen LogP contribution is 2.60. The van der Waals surface area contributed by atoms with Crippen molar-refractivity contribution < 1.29 is 23.0 Å². The predicted octanol–water partition coefficient (Wildman–Crippen LogP) is 5.85. The van der Waals surface area contributed by atoms with Gasteiger partial charge in [0.05, 0.1) is 37.5 Å². The van der Waals surface area contributed by atoms with Crippen LogP contribution in [-0.2, 0) is 20.9 Å². The molecule has 0 saturated heterocycles. The molecule has 4 unspecified atom stereocenters. The van der Waals surface area contributed by atoms with E-state index in [4.69, 9.17) is 9.47 Å². The number of hydrogen-bond donors (Lipinski definition) is 0. The number of hydrogen-bond acceptors (Lipinski definition) is 4. The van der Waals surface area contributed by atoms with Crippen molar-refractivity contribution in [2.45, 2.75) is 58.1 Å². The van der Waals surface area contributed by atoms with E-state index < -0.39 is 17.6 Å². The van der Waals surface area contributed by atoms with Crippen LogP contribution in [0.4, 0.5) is 14.5 Å². The maximum absolute atomic E-state index is 16.0. The summed E-state index contributed by atoms with van der Waals surface area (Å²) in [6.45, 7) is 6.17. The number of ether oxygens (including phenoxy) is 2. The first-order valence-corrected chi connectivity index (χ1v) is 12.0. The molecule has 33 heavy (non-hydrogen) atoms. The second-order valence-electron chi connectivity index (χ2n) is 9.82. The van der Waals surface area contributed by atoms with Gasteiger partial charge in [0.15, 0.2) is 0 Å². The minimum absolute atomic E-state index is 0.0134. The fourth-order valence-corrected chi connectivity index (χ4v) is 5.72. The van der Waals surface area contributed by atoms with Gasteiger partial charge in [-0.1, -0.05) is 44.2 Å². The molecular formula is C27H31F2NO3. The summed E-state index contributed by atoms with van der Waals surface area (Å²) in [5.41, 5.74) is 2.89. The Kier molecular flexibility index (Phi) is 5.89. The van der Waals surface area contributed by atoms with E-state index in [1.165, 1.54) is 0 Å². The summed E-state index contributed by atoms with van der Waals surface area (Å²) in [6.07, 6.45) is 1.75. The zero-order valence-corrected chi connectivity index (χ0v) is 19.4. The van der Waals surface area contributed by atoms with E-state index in [9.17, 15) is 4.79 Å². The van der Waals surface area contributed by atoms with Crippen molar-refractivity contribution in [3.05, 3.63) is 64.2 Å². The summed E-state index contributed by atoms with van der Waals surface area (Å²) in [4.78, 5) is 14.8. The van der Waals surface area contributed by atoms with E-state index in [1.807, 2.05) is 32.0 Å². The fourth-order valence-electron chi connectivity index (χ4n) is 5.72. The monoisotopic (exact) mass is 455 g/mol. The number of carbonyl (C=O) groups is 1. The number of halogens is 2. The molecule has 2 aliphatic heterocycles. The van der Waals surface area contributed by atoms with Crippen LogP contribution in [0.15, 0.2) is 30.3 Å². The normalized spacial score (nSPS) is 26.1. The molecule has 1 aliphatic carbocycles. The number of benzene rings is 2. The molecule has 0 radical (unpaired) electrons. The molecule has 2 aromatic carbocycles. The lowest BCUT2D eigenvalue weighted by Crippen LogP contribution is -2.41. The van der Waals surface area contributed by atoms with Crippen LogP contribution in [-0.4, -0.2) is 25.7 Å². The summed E-state index contributed by atoms with van der Waals surface area (Å²) < 4.78 is 43.0. The number of rotatable bonds is 4. The molecule has 3 aliphatic rings. The second-order valence-corrected chi connectivity index (χ2v) is 9.82. The van der Waals surface area contributed by atoms with Gasteiger partial charge in [-0.15, -0.1) is 0 Å². The van der Waals surface area contributed by atoms with Crippen LogP contribution in [0.1, 0.15) is 73.7 Å². The first-order chi connectivity index (χ1) is 15.9. The summed E-state index contributed by atoms with van der Waals surface area (Å²) in [5, 5.41) is 0. The molecular weight excluding hydrogens is 424 g/mol. The van der Waals surface area contributed by atoms with Crippen molar-refractivity contribution in [2.75, 3.05) is 24.7 Å². The smallest absolute Gasteiger partial charge is 0.313 e. The van der Waals surface area contributed by atoms with Crippen molar-refractivity contribution in [1.29, 1.82) is 0 Å². The molecule has 0 bridgehead atoms. The Bertz CT molecular complexity index is 1060. The van der Waals surface area contributed by atoms with E-state index >= 15 is 8.78 Å². The number of anilines is 1. The minimum Gasteiger partial charge on any atom is -0.466 e. The molecule has 4 nitrogen and oxygen atoms in total. The van der Waals surface area contributed by atoms with Gasteiger partial charge in [0, 0.05) is 23.2 Å². The Hall–Kier alpha value is -2.47. The highest BCUT2D eigenvalue weighted by atomic mass is 19.1. The van der Waals surface area contributed by atoms with E-state index in [0.29, 0.717) is 29.3 Å². The Morgan fingerprint density at radius 3 is 2.64 bits per heavy atom. The molecule has 0 aromatic heterocycles. The van der Waals surface area contributed by atoms with E-state index in [1.54, 1.807) is 6.92 Å². The average Bonchev–Trinajstić information content (AvgIpc) is 3.54. The largest absolute Gasteiger partial charge is 0.466 e. The Balaban J connectivity index is 1.72. The number of nitrogens with zero attached hydrogens (tertiary/aromatic N) is 1. The SMILES string of the molecule is CCOC(=O)C1COCc2c(F)c(C(C)C)c(F)c3c2N(C1)C(c1ccccc1)CC1CC31. The standard InChI is InChI=1S/C27H31F2NO3/c1-4-33-27(31)18-12-30-21(16-8-6-5-7-9-16)11-17-10-19(17)23-25(29)22(15(2)3)24(28)20(26(23)30)14-32-13-18/h5-9,15,17-19,21H,4,10-14H2,1-3H3. The summed E-state index contributed by atoms with van der Waals surface area (Å²) in [6, 6.07) is 10.0. The highest BCUT2D eigenvalue weighted by molar-refractivity contribution is 5.75. The average molecular weight is 456 g/mol. The van der Waals surface area contributed by atoms with Gasteiger partial charge in [0.1, 0.15) is 11.6 Å². The third-order valence-corrected chi connectivity index (χ3v) is 7.36. The molecule has 6 heteroatoms. The lowest BCUT2D eigenvalue weighted by atomic mass is 9.90. The topological polar surface area (TPSA) is 38.8 Å². The molecule has 1 saturated carbocycles. The number of esters is 1. The Morgan fingerprint density at radius 1 is 1.18 bits per heavy atom. The van der Waals surface area contributed by atoms with Gasteiger partial charge in [0.2, 0.25) is 0 Å².